The zero-order valence-corrected chi connectivity index (χ0v) is 17.6. The number of methoxy groups -OCH3 is 1. The molecule has 0 saturated carbocycles. The highest BCUT2D eigenvalue weighted by molar-refractivity contribution is 7.20. The second-order valence-corrected chi connectivity index (χ2v) is 8.38. The molecule has 0 N–H and O–H groups in total. The molecule has 0 spiro atoms. The number of carbonyl (C=O) groups is 1. The average molecular weight is 419 g/mol. The summed E-state index contributed by atoms with van der Waals surface area (Å²) in [6.45, 7) is 7.59. The first-order valence-electron chi connectivity index (χ1n) is 9.35. The molecule has 1 fully saturated rings. The smallest absolute Gasteiger partial charge is 0.204 e. The fourth-order valence-electron chi connectivity index (χ4n) is 3.57. The van der Waals surface area contributed by atoms with Crippen LogP contribution in [0, 0.1) is 6.92 Å². The van der Waals surface area contributed by atoms with E-state index in [4.69, 9.17) is 21.1 Å². The predicted molar refractivity (Wildman–Crippen MR) is 113 cm³/mol. The van der Waals surface area contributed by atoms with Gasteiger partial charge in [-0.3, -0.25) is 9.69 Å². The molecule has 3 aromatic rings. The molecule has 1 aliphatic rings. The molecular formula is C21H23ClN2O3S. The molecule has 4 rings (SSSR count). The number of benzene rings is 1. The minimum Gasteiger partial charge on any atom is -0.497 e. The fourth-order valence-corrected chi connectivity index (χ4v) is 5.00. The summed E-state index contributed by atoms with van der Waals surface area (Å²) in [5.41, 5.74) is 1.72. The number of hydrogen-bond donors (Lipinski definition) is 0. The summed E-state index contributed by atoms with van der Waals surface area (Å²) in [4.78, 5) is 17.3. The Morgan fingerprint density at radius 3 is 2.71 bits per heavy atom. The van der Waals surface area contributed by atoms with Gasteiger partial charge in [-0.25, -0.2) is 0 Å². The number of fused-ring (bicyclic) bond motifs is 1. The molecule has 2 aromatic heterocycles. The van der Waals surface area contributed by atoms with E-state index in [0.29, 0.717) is 21.2 Å². The number of rotatable bonds is 6. The lowest BCUT2D eigenvalue weighted by molar-refractivity contribution is 0.0365. The SMILES string of the molecule is COc1ccc(C(=O)c2cc3cc(C)n(CCN4CCOCC4)c3s2)c(Cl)c1. The maximum atomic E-state index is 13.0. The van der Waals surface area contributed by atoms with E-state index in [9.17, 15) is 4.79 Å². The monoisotopic (exact) mass is 418 g/mol. The first-order valence-corrected chi connectivity index (χ1v) is 10.5. The lowest BCUT2D eigenvalue weighted by Gasteiger charge is -2.26. The van der Waals surface area contributed by atoms with Crippen LogP contribution in [0.5, 0.6) is 5.75 Å². The lowest BCUT2D eigenvalue weighted by atomic mass is 10.1. The Kier molecular flexibility index (Phi) is 5.73. The van der Waals surface area contributed by atoms with Crippen LogP contribution >= 0.6 is 22.9 Å². The van der Waals surface area contributed by atoms with E-state index < -0.39 is 0 Å². The Labute approximate surface area is 173 Å². The van der Waals surface area contributed by atoms with E-state index in [1.54, 1.807) is 25.3 Å². The summed E-state index contributed by atoms with van der Waals surface area (Å²) in [5.74, 6) is 0.592. The summed E-state index contributed by atoms with van der Waals surface area (Å²) in [6.07, 6.45) is 0. The zero-order valence-electron chi connectivity index (χ0n) is 16.0. The van der Waals surface area contributed by atoms with Crippen molar-refractivity contribution < 1.29 is 14.3 Å². The van der Waals surface area contributed by atoms with E-state index in [2.05, 4.69) is 22.5 Å². The van der Waals surface area contributed by atoms with Crippen molar-refractivity contribution in [3.63, 3.8) is 0 Å². The largest absolute Gasteiger partial charge is 0.497 e. The summed E-state index contributed by atoms with van der Waals surface area (Å²) >= 11 is 7.83. The van der Waals surface area contributed by atoms with Crippen LogP contribution in [-0.2, 0) is 11.3 Å². The van der Waals surface area contributed by atoms with Crippen LogP contribution in [0.15, 0.2) is 30.3 Å². The Morgan fingerprint density at radius 2 is 2.00 bits per heavy atom. The van der Waals surface area contributed by atoms with Crippen molar-refractivity contribution >= 4 is 38.9 Å². The van der Waals surface area contributed by atoms with Gasteiger partial charge in [-0.05, 0) is 37.3 Å². The van der Waals surface area contributed by atoms with E-state index >= 15 is 0 Å². The van der Waals surface area contributed by atoms with E-state index in [1.807, 2.05) is 6.07 Å². The van der Waals surface area contributed by atoms with Gasteiger partial charge in [0.25, 0.3) is 0 Å². The summed E-state index contributed by atoms with van der Waals surface area (Å²) < 4.78 is 12.9. The van der Waals surface area contributed by atoms with Crippen molar-refractivity contribution in [1.29, 1.82) is 0 Å². The number of carbonyl (C=O) groups excluding carboxylic acids is 1. The highest BCUT2D eigenvalue weighted by Crippen LogP contribution is 2.32. The van der Waals surface area contributed by atoms with E-state index in [1.165, 1.54) is 17.0 Å². The molecule has 0 radical (unpaired) electrons. The first kappa shape index (κ1) is 19.5. The molecular weight excluding hydrogens is 396 g/mol. The van der Waals surface area contributed by atoms with E-state index in [0.717, 1.165) is 49.6 Å². The quantitative estimate of drug-likeness (QED) is 0.562. The molecule has 7 heteroatoms. The molecule has 0 unspecified atom stereocenters. The minimum atomic E-state index is -0.0498. The van der Waals surface area contributed by atoms with Crippen LogP contribution in [0.4, 0.5) is 0 Å². The normalized spacial score (nSPS) is 15.2. The van der Waals surface area contributed by atoms with Crippen LogP contribution in [0.25, 0.3) is 10.2 Å². The number of thiophene rings is 1. The number of morpholine rings is 1. The maximum Gasteiger partial charge on any atom is 0.204 e. The Morgan fingerprint density at radius 1 is 1.21 bits per heavy atom. The summed E-state index contributed by atoms with van der Waals surface area (Å²) in [7, 11) is 1.58. The molecule has 0 amide bonds. The number of halogens is 1. The average Bonchev–Trinajstić information content (AvgIpc) is 3.23. The molecule has 5 nitrogen and oxygen atoms in total. The van der Waals surface area contributed by atoms with Crippen LogP contribution in [-0.4, -0.2) is 55.2 Å². The summed E-state index contributed by atoms with van der Waals surface area (Å²) in [5, 5.41) is 1.52. The Hall–Kier alpha value is -1.86. The van der Waals surface area contributed by atoms with Crippen molar-refractivity contribution in [3.8, 4) is 5.75 Å². The third kappa shape index (κ3) is 3.82. The molecule has 1 aromatic carbocycles. The van der Waals surface area contributed by atoms with Crippen LogP contribution < -0.4 is 4.74 Å². The number of ketones is 1. The van der Waals surface area contributed by atoms with Gasteiger partial charge in [-0.15, -0.1) is 11.3 Å². The number of nitrogens with zero attached hydrogens (tertiary/aromatic N) is 2. The number of ether oxygens (including phenoxy) is 2. The van der Waals surface area contributed by atoms with E-state index in [-0.39, 0.29) is 5.78 Å². The number of aryl methyl sites for hydroxylation is 1. The van der Waals surface area contributed by atoms with Crippen LogP contribution in [0.2, 0.25) is 5.02 Å². The van der Waals surface area contributed by atoms with Crippen molar-refractivity contribution in [2.24, 2.45) is 0 Å². The molecule has 1 aliphatic heterocycles. The summed E-state index contributed by atoms with van der Waals surface area (Å²) in [6, 6.07) is 9.29. The fraction of sp³-hybridized carbons (Fsp3) is 0.381. The second-order valence-electron chi connectivity index (χ2n) is 6.94. The van der Waals surface area contributed by atoms with Gasteiger partial charge in [-0.2, -0.15) is 0 Å². The van der Waals surface area contributed by atoms with Crippen molar-refractivity contribution in [3.05, 3.63) is 51.5 Å². The van der Waals surface area contributed by atoms with Gasteiger partial charge in [0.15, 0.2) is 0 Å². The van der Waals surface area contributed by atoms with Crippen LogP contribution in [0.3, 0.4) is 0 Å². The topological polar surface area (TPSA) is 43.7 Å². The van der Waals surface area contributed by atoms with Crippen molar-refractivity contribution in [1.82, 2.24) is 9.47 Å². The molecule has 0 bridgehead atoms. The van der Waals surface area contributed by atoms with Gasteiger partial charge >= 0.3 is 0 Å². The Balaban J connectivity index is 1.57. The maximum absolute atomic E-state index is 13.0. The molecule has 3 heterocycles. The van der Waals surface area contributed by atoms with Gasteiger partial charge in [0, 0.05) is 42.8 Å². The first-order chi connectivity index (χ1) is 13.6. The third-order valence-electron chi connectivity index (χ3n) is 5.16. The highest BCUT2D eigenvalue weighted by atomic mass is 35.5. The molecule has 148 valence electrons. The molecule has 1 saturated heterocycles. The predicted octanol–water partition coefficient (Wildman–Crippen LogP) is 4.24. The number of hydrogen-bond acceptors (Lipinski definition) is 5. The van der Waals surface area contributed by atoms with Gasteiger partial charge in [0.2, 0.25) is 5.78 Å². The lowest BCUT2D eigenvalue weighted by Crippen LogP contribution is -2.38. The zero-order chi connectivity index (χ0) is 19.7. The van der Waals surface area contributed by atoms with Crippen molar-refractivity contribution in [2.75, 3.05) is 40.0 Å². The van der Waals surface area contributed by atoms with Gasteiger partial charge in [-0.1, -0.05) is 11.6 Å². The molecule has 28 heavy (non-hydrogen) atoms. The standard InChI is InChI=1S/C21H23ClN2O3S/c1-14-11-15-12-19(20(25)17-4-3-16(26-2)13-18(17)22)28-21(15)24(14)6-5-23-7-9-27-10-8-23/h3-4,11-13H,5-10H2,1-2H3. The van der Waals surface area contributed by atoms with Gasteiger partial charge in [0.1, 0.15) is 10.6 Å². The molecule has 0 atom stereocenters. The van der Waals surface area contributed by atoms with Gasteiger partial charge in [0.05, 0.1) is 30.2 Å². The minimum absolute atomic E-state index is 0.0498. The second kappa shape index (κ2) is 8.25. The van der Waals surface area contributed by atoms with Crippen LogP contribution in [0.1, 0.15) is 20.9 Å². The van der Waals surface area contributed by atoms with Gasteiger partial charge < -0.3 is 14.0 Å². The highest BCUT2D eigenvalue weighted by Gasteiger charge is 2.19. The molecule has 0 aliphatic carbocycles. The Bertz CT molecular complexity index is 1000. The number of aromatic nitrogens is 1. The van der Waals surface area contributed by atoms with Crippen molar-refractivity contribution in [2.45, 2.75) is 13.5 Å². The third-order valence-corrected chi connectivity index (χ3v) is 6.65.